The van der Waals surface area contributed by atoms with Crippen molar-refractivity contribution in [3.63, 3.8) is 0 Å². The molecular formula is C26H20Cl2N2O4. The number of carbonyl (C=O) groups excluding carboxylic acids is 3. The van der Waals surface area contributed by atoms with Gasteiger partial charge in [0, 0.05) is 15.6 Å². The molecule has 3 aromatic rings. The Morgan fingerprint density at radius 3 is 2.44 bits per heavy atom. The second-order valence-electron chi connectivity index (χ2n) is 7.85. The maximum absolute atomic E-state index is 13.3. The summed E-state index contributed by atoms with van der Waals surface area (Å²) in [5.41, 5.74) is 3.19. The number of anilines is 1. The van der Waals surface area contributed by atoms with Crippen molar-refractivity contribution in [2.24, 2.45) is 0 Å². The molecule has 1 aliphatic rings. The average Bonchev–Trinajstić information content (AvgIpc) is 2.78. The fourth-order valence-electron chi connectivity index (χ4n) is 3.58. The molecule has 4 amide bonds. The number of hydrogen-bond acceptors (Lipinski definition) is 4. The van der Waals surface area contributed by atoms with Crippen molar-refractivity contribution < 1.29 is 19.1 Å². The molecule has 34 heavy (non-hydrogen) atoms. The van der Waals surface area contributed by atoms with Gasteiger partial charge in [-0.05, 0) is 61.4 Å². The van der Waals surface area contributed by atoms with Crippen LogP contribution in [0.5, 0.6) is 5.75 Å². The molecule has 8 heteroatoms. The van der Waals surface area contributed by atoms with Gasteiger partial charge in [0.05, 0.1) is 5.69 Å². The van der Waals surface area contributed by atoms with Crippen molar-refractivity contribution in [3.05, 3.63) is 98.5 Å². The molecule has 4 rings (SSSR count). The SMILES string of the molecule is Cc1cccc(COc2ccc(Cl)cc2/C=C2\C(=O)NC(=O)N(c3cc(Cl)ccc3C)C2=O)c1. The molecule has 0 aliphatic carbocycles. The van der Waals surface area contributed by atoms with Gasteiger partial charge in [-0.2, -0.15) is 0 Å². The van der Waals surface area contributed by atoms with Crippen molar-refractivity contribution in [2.75, 3.05) is 4.90 Å². The lowest BCUT2D eigenvalue weighted by molar-refractivity contribution is -0.122. The van der Waals surface area contributed by atoms with Crippen LogP contribution in [0.2, 0.25) is 10.0 Å². The van der Waals surface area contributed by atoms with Gasteiger partial charge in [0.25, 0.3) is 11.8 Å². The highest BCUT2D eigenvalue weighted by Crippen LogP contribution is 2.30. The smallest absolute Gasteiger partial charge is 0.335 e. The number of imide groups is 2. The Morgan fingerprint density at radius 1 is 0.941 bits per heavy atom. The first kappa shape index (κ1) is 23.5. The number of rotatable bonds is 5. The summed E-state index contributed by atoms with van der Waals surface area (Å²) in [5.74, 6) is -1.15. The first-order valence-electron chi connectivity index (χ1n) is 10.4. The molecule has 1 fully saturated rings. The molecule has 1 N–H and O–H groups in total. The van der Waals surface area contributed by atoms with E-state index in [1.807, 2.05) is 31.2 Å². The summed E-state index contributed by atoms with van der Waals surface area (Å²) >= 11 is 12.3. The van der Waals surface area contributed by atoms with Gasteiger partial charge in [0.1, 0.15) is 17.9 Å². The van der Waals surface area contributed by atoms with Crippen molar-refractivity contribution in [2.45, 2.75) is 20.5 Å². The zero-order chi connectivity index (χ0) is 24.4. The van der Waals surface area contributed by atoms with Crippen LogP contribution in [0.25, 0.3) is 6.08 Å². The Balaban J connectivity index is 1.70. The third kappa shape index (κ3) is 4.98. The number of aryl methyl sites for hydroxylation is 2. The van der Waals surface area contributed by atoms with Gasteiger partial charge < -0.3 is 4.74 Å². The standard InChI is InChI=1S/C26H20Cl2N2O4/c1-15-4-3-5-17(10-15)14-34-23-9-8-19(27)11-18(23)12-21-24(31)29-26(33)30(25(21)32)22-13-20(28)7-6-16(22)2/h3-13H,14H2,1-2H3,(H,29,31,33)/b21-12+. The number of carbonyl (C=O) groups is 3. The largest absolute Gasteiger partial charge is 0.488 e. The van der Waals surface area contributed by atoms with Crippen LogP contribution in [0.4, 0.5) is 10.5 Å². The summed E-state index contributed by atoms with van der Waals surface area (Å²) in [5, 5.41) is 2.97. The first-order valence-corrected chi connectivity index (χ1v) is 11.1. The lowest BCUT2D eigenvalue weighted by Crippen LogP contribution is -2.54. The van der Waals surface area contributed by atoms with Gasteiger partial charge in [-0.1, -0.05) is 59.1 Å². The van der Waals surface area contributed by atoms with E-state index >= 15 is 0 Å². The van der Waals surface area contributed by atoms with Gasteiger partial charge >= 0.3 is 6.03 Å². The first-order chi connectivity index (χ1) is 16.2. The summed E-state index contributed by atoms with van der Waals surface area (Å²) in [4.78, 5) is 39.3. The molecule has 0 unspecified atom stereocenters. The van der Waals surface area contributed by atoms with Crippen LogP contribution in [-0.2, 0) is 16.2 Å². The maximum atomic E-state index is 13.3. The average molecular weight is 495 g/mol. The van der Waals surface area contributed by atoms with Gasteiger partial charge in [0.2, 0.25) is 0 Å². The van der Waals surface area contributed by atoms with Crippen molar-refractivity contribution >= 4 is 52.8 Å². The van der Waals surface area contributed by atoms with E-state index in [0.29, 0.717) is 26.9 Å². The molecule has 0 atom stereocenters. The Bertz CT molecular complexity index is 1350. The lowest BCUT2D eigenvalue weighted by Gasteiger charge is -2.27. The fourth-order valence-corrected chi connectivity index (χ4v) is 3.93. The Labute approximate surface area is 206 Å². The van der Waals surface area contributed by atoms with Crippen LogP contribution in [0, 0.1) is 13.8 Å². The van der Waals surface area contributed by atoms with E-state index in [1.165, 1.54) is 12.1 Å². The van der Waals surface area contributed by atoms with E-state index in [9.17, 15) is 14.4 Å². The Morgan fingerprint density at radius 2 is 1.68 bits per heavy atom. The predicted molar refractivity (Wildman–Crippen MR) is 132 cm³/mol. The van der Waals surface area contributed by atoms with Gasteiger partial charge in [-0.3, -0.25) is 14.9 Å². The van der Waals surface area contributed by atoms with Gasteiger partial charge in [-0.25, -0.2) is 9.69 Å². The molecule has 0 bridgehead atoms. The highest BCUT2D eigenvalue weighted by molar-refractivity contribution is 6.40. The summed E-state index contributed by atoms with van der Waals surface area (Å²) < 4.78 is 5.97. The number of ether oxygens (including phenoxy) is 1. The number of benzene rings is 3. The molecule has 6 nitrogen and oxygen atoms in total. The summed E-state index contributed by atoms with van der Waals surface area (Å²) in [6.45, 7) is 4.01. The lowest BCUT2D eigenvalue weighted by atomic mass is 10.0. The van der Waals surface area contributed by atoms with E-state index in [-0.39, 0.29) is 17.9 Å². The van der Waals surface area contributed by atoms with E-state index in [4.69, 9.17) is 27.9 Å². The van der Waals surface area contributed by atoms with E-state index in [0.717, 1.165) is 16.0 Å². The zero-order valence-corrected chi connectivity index (χ0v) is 19.9. The minimum atomic E-state index is -0.848. The third-order valence-corrected chi connectivity index (χ3v) is 5.73. The van der Waals surface area contributed by atoms with E-state index in [1.54, 1.807) is 37.3 Å². The molecule has 1 saturated heterocycles. The number of hydrogen-bond donors (Lipinski definition) is 1. The Kier molecular flexibility index (Phi) is 6.72. The second kappa shape index (κ2) is 9.71. The molecule has 3 aromatic carbocycles. The number of amides is 4. The van der Waals surface area contributed by atoms with Crippen molar-refractivity contribution in [3.8, 4) is 5.75 Å². The topological polar surface area (TPSA) is 75.7 Å². The molecule has 1 heterocycles. The highest BCUT2D eigenvalue weighted by atomic mass is 35.5. The molecule has 172 valence electrons. The predicted octanol–water partition coefficient (Wildman–Crippen LogP) is 5.86. The maximum Gasteiger partial charge on any atom is 0.335 e. The van der Waals surface area contributed by atoms with Gasteiger partial charge in [0.15, 0.2) is 0 Å². The number of urea groups is 1. The van der Waals surface area contributed by atoms with Crippen LogP contribution in [0.15, 0.2) is 66.2 Å². The summed E-state index contributed by atoms with van der Waals surface area (Å²) in [6, 6.07) is 16.8. The van der Waals surface area contributed by atoms with E-state index in [2.05, 4.69) is 5.32 Å². The second-order valence-corrected chi connectivity index (χ2v) is 8.72. The summed E-state index contributed by atoms with van der Waals surface area (Å²) in [7, 11) is 0. The zero-order valence-electron chi connectivity index (χ0n) is 18.4. The molecule has 0 aromatic heterocycles. The number of halogens is 2. The molecule has 0 saturated carbocycles. The van der Waals surface area contributed by atoms with Gasteiger partial charge in [-0.15, -0.1) is 0 Å². The van der Waals surface area contributed by atoms with Crippen LogP contribution < -0.4 is 15.0 Å². The third-order valence-electron chi connectivity index (χ3n) is 5.26. The summed E-state index contributed by atoms with van der Waals surface area (Å²) in [6.07, 6.45) is 1.37. The molecule has 1 aliphatic heterocycles. The molecule has 0 spiro atoms. The van der Waals surface area contributed by atoms with Crippen LogP contribution in [0.3, 0.4) is 0 Å². The minimum Gasteiger partial charge on any atom is -0.488 e. The minimum absolute atomic E-state index is 0.235. The van der Waals surface area contributed by atoms with Crippen LogP contribution in [-0.4, -0.2) is 17.8 Å². The van der Waals surface area contributed by atoms with E-state index < -0.39 is 17.8 Å². The normalized spacial score (nSPS) is 15.0. The van der Waals surface area contributed by atoms with Crippen LogP contribution in [0.1, 0.15) is 22.3 Å². The fraction of sp³-hybridized carbons (Fsp3) is 0.115. The van der Waals surface area contributed by atoms with Crippen LogP contribution >= 0.6 is 23.2 Å². The number of nitrogens with zero attached hydrogens (tertiary/aromatic N) is 1. The molecular weight excluding hydrogens is 475 g/mol. The molecule has 0 radical (unpaired) electrons. The van der Waals surface area contributed by atoms with Crippen molar-refractivity contribution in [1.29, 1.82) is 0 Å². The Hall–Kier alpha value is -3.61. The number of nitrogens with one attached hydrogen (secondary N) is 1. The highest BCUT2D eigenvalue weighted by Gasteiger charge is 2.37. The number of barbiturate groups is 1. The quantitative estimate of drug-likeness (QED) is 0.356. The monoisotopic (exact) mass is 494 g/mol. The van der Waals surface area contributed by atoms with Crippen molar-refractivity contribution in [1.82, 2.24) is 5.32 Å².